The number of hydrogen-bond acceptors (Lipinski definition) is 5. The van der Waals surface area contributed by atoms with E-state index in [0.717, 1.165) is 42.8 Å². The highest BCUT2D eigenvalue weighted by Gasteiger charge is 2.20. The molecule has 1 aromatic carbocycles. The summed E-state index contributed by atoms with van der Waals surface area (Å²) in [6, 6.07) is 8.98. The van der Waals surface area contributed by atoms with E-state index in [0.29, 0.717) is 5.69 Å². The minimum absolute atomic E-state index is 0.0325. The fourth-order valence-electron chi connectivity index (χ4n) is 3.60. The number of nitrogens with zero attached hydrogens (tertiary/aromatic N) is 4. The average Bonchev–Trinajstić information content (AvgIpc) is 2.75. The number of halogens is 1. The number of aryl methyl sites for hydroxylation is 1. The van der Waals surface area contributed by atoms with Crippen molar-refractivity contribution in [3.63, 3.8) is 0 Å². The first-order valence-corrected chi connectivity index (χ1v) is 9.75. The first-order chi connectivity index (χ1) is 14.5. The Morgan fingerprint density at radius 2 is 1.83 bits per heavy atom. The highest BCUT2D eigenvalue weighted by Crippen LogP contribution is 2.30. The summed E-state index contributed by atoms with van der Waals surface area (Å²) in [5.74, 6) is -0.236. The van der Waals surface area contributed by atoms with Crippen molar-refractivity contribution in [3.05, 3.63) is 83.3 Å². The fraction of sp³-hybridized carbons (Fsp3) is 0.217. The molecule has 3 heterocycles. The van der Waals surface area contributed by atoms with Gasteiger partial charge in [-0.25, -0.2) is 9.37 Å². The number of carbonyl (C=O) groups excluding carboxylic acids is 1. The maximum absolute atomic E-state index is 13.8. The number of pyridine rings is 1. The van der Waals surface area contributed by atoms with E-state index >= 15 is 0 Å². The Balaban J connectivity index is 1.51. The summed E-state index contributed by atoms with van der Waals surface area (Å²) in [5.41, 5.74) is 5.16. The van der Waals surface area contributed by atoms with Crippen LogP contribution in [0.5, 0.6) is 0 Å². The van der Waals surface area contributed by atoms with Gasteiger partial charge < -0.3 is 10.2 Å². The number of nitrogens with one attached hydrogen (secondary N) is 1. The van der Waals surface area contributed by atoms with E-state index in [2.05, 4.69) is 32.1 Å². The van der Waals surface area contributed by atoms with Gasteiger partial charge in [0.25, 0.3) is 5.91 Å². The largest absolute Gasteiger partial charge is 0.350 e. The standard InChI is InChI=1S/C23H22FN5O/c1-15-8-12-29(22-16(2)26-10-11-27-22)14-20(15)17-3-5-18(6-4-17)28-23(30)19-7-9-25-13-21(19)24/h3-7,9-11,13H,8,12,14H2,1-2H3,(H,28,30). The number of aromatic nitrogens is 3. The van der Waals surface area contributed by atoms with Crippen LogP contribution in [0, 0.1) is 12.7 Å². The van der Waals surface area contributed by atoms with Crippen molar-refractivity contribution in [2.75, 3.05) is 23.3 Å². The van der Waals surface area contributed by atoms with E-state index in [1.807, 2.05) is 31.2 Å². The Morgan fingerprint density at radius 3 is 2.57 bits per heavy atom. The number of hydrogen-bond donors (Lipinski definition) is 1. The van der Waals surface area contributed by atoms with E-state index in [9.17, 15) is 9.18 Å². The molecule has 152 valence electrons. The van der Waals surface area contributed by atoms with E-state index in [1.165, 1.54) is 23.4 Å². The van der Waals surface area contributed by atoms with Crippen LogP contribution in [0.1, 0.15) is 35.0 Å². The van der Waals surface area contributed by atoms with Crippen LogP contribution in [0.25, 0.3) is 5.57 Å². The molecular formula is C23H22FN5O. The van der Waals surface area contributed by atoms with Crippen LogP contribution in [0.2, 0.25) is 0 Å². The molecule has 3 aromatic rings. The summed E-state index contributed by atoms with van der Waals surface area (Å²) < 4.78 is 13.8. The molecule has 4 rings (SSSR count). The molecule has 0 aliphatic carbocycles. The van der Waals surface area contributed by atoms with Crippen molar-refractivity contribution in [1.82, 2.24) is 15.0 Å². The number of amides is 1. The maximum atomic E-state index is 13.8. The number of anilines is 2. The maximum Gasteiger partial charge on any atom is 0.258 e. The minimum atomic E-state index is -0.644. The van der Waals surface area contributed by atoms with Crippen molar-refractivity contribution < 1.29 is 9.18 Å². The highest BCUT2D eigenvalue weighted by molar-refractivity contribution is 6.04. The summed E-state index contributed by atoms with van der Waals surface area (Å²) in [5, 5.41) is 2.73. The lowest BCUT2D eigenvalue weighted by molar-refractivity contribution is 0.102. The zero-order valence-corrected chi connectivity index (χ0v) is 16.9. The third kappa shape index (κ3) is 4.05. The van der Waals surface area contributed by atoms with Crippen LogP contribution in [-0.2, 0) is 0 Å². The minimum Gasteiger partial charge on any atom is -0.350 e. The topological polar surface area (TPSA) is 71.0 Å². The lowest BCUT2D eigenvalue weighted by Gasteiger charge is -2.31. The summed E-state index contributed by atoms with van der Waals surface area (Å²) in [7, 11) is 0. The molecule has 2 aromatic heterocycles. The molecule has 6 nitrogen and oxygen atoms in total. The summed E-state index contributed by atoms with van der Waals surface area (Å²) in [6.45, 7) is 5.77. The fourth-order valence-corrected chi connectivity index (χ4v) is 3.60. The normalized spacial score (nSPS) is 14.0. The predicted octanol–water partition coefficient (Wildman–Crippen LogP) is 4.26. The molecule has 0 saturated carbocycles. The Bertz CT molecular complexity index is 1110. The van der Waals surface area contributed by atoms with Gasteiger partial charge in [-0.1, -0.05) is 17.7 Å². The molecule has 0 bridgehead atoms. The van der Waals surface area contributed by atoms with Gasteiger partial charge in [0.05, 0.1) is 17.5 Å². The van der Waals surface area contributed by atoms with Crippen molar-refractivity contribution in [2.45, 2.75) is 20.3 Å². The third-order valence-electron chi connectivity index (χ3n) is 5.28. The SMILES string of the molecule is CC1=C(c2ccc(NC(=O)c3ccncc3F)cc2)CN(c2nccnc2C)CC1. The molecule has 0 radical (unpaired) electrons. The van der Waals surface area contributed by atoms with Crippen LogP contribution >= 0.6 is 0 Å². The van der Waals surface area contributed by atoms with Crippen molar-refractivity contribution in [2.24, 2.45) is 0 Å². The molecule has 1 aliphatic rings. The van der Waals surface area contributed by atoms with Crippen LogP contribution in [0.3, 0.4) is 0 Å². The molecule has 1 aliphatic heterocycles. The summed E-state index contributed by atoms with van der Waals surface area (Å²) in [4.78, 5) is 27.1. The lowest BCUT2D eigenvalue weighted by Crippen LogP contribution is -2.32. The zero-order valence-electron chi connectivity index (χ0n) is 16.9. The number of carbonyl (C=O) groups is 1. The Kier molecular flexibility index (Phi) is 5.52. The molecule has 0 saturated heterocycles. The molecule has 0 fully saturated rings. The average molecular weight is 403 g/mol. The van der Waals surface area contributed by atoms with Crippen molar-refractivity contribution >= 4 is 23.0 Å². The lowest BCUT2D eigenvalue weighted by atomic mass is 9.94. The molecule has 0 atom stereocenters. The van der Waals surface area contributed by atoms with Gasteiger partial charge in [-0.2, -0.15) is 0 Å². The predicted molar refractivity (Wildman–Crippen MR) is 115 cm³/mol. The van der Waals surface area contributed by atoms with Gasteiger partial charge in [-0.15, -0.1) is 0 Å². The van der Waals surface area contributed by atoms with E-state index in [-0.39, 0.29) is 5.56 Å². The van der Waals surface area contributed by atoms with Crippen LogP contribution in [0.4, 0.5) is 15.9 Å². The van der Waals surface area contributed by atoms with Crippen LogP contribution < -0.4 is 10.2 Å². The Morgan fingerprint density at radius 1 is 1.07 bits per heavy atom. The zero-order chi connectivity index (χ0) is 21.1. The molecule has 0 unspecified atom stereocenters. The smallest absolute Gasteiger partial charge is 0.258 e. The van der Waals surface area contributed by atoms with E-state index < -0.39 is 11.7 Å². The Labute approximate surface area is 174 Å². The summed E-state index contributed by atoms with van der Waals surface area (Å²) in [6.07, 6.45) is 6.79. The van der Waals surface area contributed by atoms with Gasteiger partial charge in [-0.3, -0.25) is 14.8 Å². The van der Waals surface area contributed by atoms with Gasteiger partial charge in [0.1, 0.15) is 5.82 Å². The Hall–Kier alpha value is -3.61. The van der Waals surface area contributed by atoms with Gasteiger partial charge >= 0.3 is 0 Å². The van der Waals surface area contributed by atoms with Gasteiger partial charge in [0, 0.05) is 37.4 Å². The number of rotatable bonds is 4. The van der Waals surface area contributed by atoms with Crippen LogP contribution in [0.15, 0.2) is 60.7 Å². The monoisotopic (exact) mass is 403 g/mol. The molecule has 0 spiro atoms. The van der Waals surface area contributed by atoms with E-state index in [1.54, 1.807) is 12.4 Å². The highest BCUT2D eigenvalue weighted by atomic mass is 19.1. The van der Waals surface area contributed by atoms with Gasteiger partial charge in [0.2, 0.25) is 0 Å². The molecule has 1 N–H and O–H groups in total. The summed E-state index contributed by atoms with van der Waals surface area (Å²) >= 11 is 0. The molecular weight excluding hydrogens is 381 g/mol. The van der Waals surface area contributed by atoms with Crippen molar-refractivity contribution in [3.8, 4) is 0 Å². The first kappa shape index (κ1) is 19.7. The third-order valence-corrected chi connectivity index (χ3v) is 5.28. The van der Waals surface area contributed by atoms with Gasteiger partial charge in [0.15, 0.2) is 5.82 Å². The molecule has 7 heteroatoms. The first-order valence-electron chi connectivity index (χ1n) is 9.75. The second kappa shape index (κ2) is 8.41. The molecule has 1 amide bonds. The van der Waals surface area contributed by atoms with Crippen molar-refractivity contribution in [1.29, 1.82) is 0 Å². The molecule has 30 heavy (non-hydrogen) atoms. The number of benzene rings is 1. The van der Waals surface area contributed by atoms with Crippen LogP contribution in [-0.4, -0.2) is 33.9 Å². The van der Waals surface area contributed by atoms with Gasteiger partial charge in [-0.05, 0) is 49.6 Å². The van der Waals surface area contributed by atoms with E-state index in [4.69, 9.17) is 0 Å². The second-order valence-electron chi connectivity index (χ2n) is 7.28. The quantitative estimate of drug-likeness (QED) is 0.705. The second-order valence-corrected chi connectivity index (χ2v) is 7.28.